The van der Waals surface area contributed by atoms with Gasteiger partial charge in [-0.3, -0.25) is 0 Å². The Balaban J connectivity index is 1.54. The van der Waals surface area contributed by atoms with Crippen molar-refractivity contribution in [3.05, 3.63) is 0 Å². The Bertz CT molecular complexity index is 821. The van der Waals surface area contributed by atoms with Gasteiger partial charge in [0.2, 0.25) is 0 Å². The van der Waals surface area contributed by atoms with Crippen molar-refractivity contribution in [3.8, 4) is 0 Å². The van der Waals surface area contributed by atoms with Crippen LogP contribution >= 0.6 is 0 Å². The second-order valence-electron chi connectivity index (χ2n) is 16.7. The normalized spacial score (nSPS) is 38.5. The second-order valence-corrected chi connectivity index (χ2v) is 16.7. The third-order valence-corrected chi connectivity index (χ3v) is 13.9. The van der Waals surface area contributed by atoms with E-state index in [4.69, 9.17) is 14.2 Å². The minimum absolute atomic E-state index is 0.263. The third-order valence-electron chi connectivity index (χ3n) is 13.9. The van der Waals surface area contributed by atoms with Gasteiger partial charge in [0.1, 0.15) is 0 Å². The first kappa shape index (κ1) is 37.7. The fourth-order valence-corrected chi connectivity index (χ4v) is 11.2. The summed E-state index contributed by atoms with van der Waals surface area (Å²) in [6.07, 6.45) is 24.2. The molecule has 4 heteroatoms. The van der Waals surface area contributed by atoms with Crippen LogP contribution in [-0.2, 0) is 14.2 Å². The van der Waals surface area contributed by atoms with E-state index < -0.39 is 0 Å². The van der Waals surface area contributed by atoms with E-state index in [9.17, 15) is 0 Å². The molecule has 11 atom stereocenters. The smallest absolute Gasteiger partial charge is 0.0637 e. The van der Waals surface area contributed by atoms with E-state index in [0.29, 0.717) is 41.5 Å². The zero-order chi connectivity index (χ0) is 32.3. The van der Waals surface area contributed by atoms with Gasteiger partial charge in [0, 0.05) is 25.2 Å². The van der Waals surface area contributed by atoms with Gasteiger partial charge in [0.15, 0.2) is 0 Å². The van der Waals surface area contributed by atoms with Crippen molar-refractivity contribution in [1.29, 1.82) is 0 Å². The van der Waals surface area contributed by atoms with Crippen LogP contribution in [-0.4, -0.2) is 51.2 Å². The van der Waals surface area contributed by atoms with E-state index >= 15 is 0 Å². The van der Waals surface area contributed by atoms with Gasteiger partial charge in [-0.05, 0) is 137 Å². The molecular weight excluding hydrogens is 554 g/mol. The van der Waals surface area contributed by atoms with Crippen LogP contribution in [0.3, 0.4) is 0 Å². The van der Waals surface area contributed by atoms with Crippen molar-refractivity contribution in [2.24, 2.45) is 46.3 Å². The van der Waals surface area contributed by atoms with Crippen LogP contribution in [0.5, 0.6) is 0 Å². The lowest BCUT2D eigenvalue weighted by Crippen LogP contribution is -2.63. The summed E-state index contributed by atoms with van der Waals surface area (Å²) >= 11 is 0. The van der Waals surface area contributed by atoms with Gasteiger partial charge < -0.3 is 19.5 Å². The molecule has 264 valence electrons. The van der Waals surface area contributed by atoms with Gasteiger partial charge in [0.05, 0.1) is 18.3 Å². The molecule has 45 heavy (non-hydrogen) atoms. The predicted octanol–water partition coefficient (Wildman–Crippen LogP) is 10.6. The van der Waals surface area contributed by atoms with Crippen molar-refractivity contribution in [3.63, 3.8) is 0 Å². The first-order valence-corrected chi connectivity index (χ1v) is 20.4. The second kappa shape index (κ2) is 18.6. The Morgan fingerprint density at radius 1 is 0.689 bits per heavy atom. The summed E-state index contributed by atoms with van der Waals surface area (Å²) in [6, 6.07) is 0. The SMILES string of the molecule is CCCCCNCCCC(C)C1CCC2C3C(OCCCC)CC4CC(OCCCC)CCC4(C)C3CC(OCCCC)C12C. The van der Waals surface area contributed by atoms with E-state index in [1.54, 1.807) is 0 Å². The molecule has 0 heterocycles. The molecule has 4 saturated carbocycles. The van der Waals surface area contributed by atoms with E-state index in [1.165, 1.54) is 129 Å². The maximum atomic E-state index is 7.12. The average molecular weight is 632 g/mol. The molecule has 4 fully saturated rings. The third kappa shape index (κ3) is 8.90. The molecule has 0 bridgehead atoms. The molecule has 0 radical (unpaired) electrons. The standard InChI is InChI=1S/C41H77NO3/c1-8-12-16-23-42-24-17-18-31(5)34-19-20-35-39-36(30-38(41(34,35)7)45-27-15-11-4)40(6)22-21-33(43-25-13-9-2)28-32(40)29-37(39)44-26-14-10-3/h31-39,42H,8-30H2,1-7H3. The van der Waals surface area contributed by atoms with Gasteiger partial charge in [-0.1, -0.05) is 80.6 Å². The summed E-state index contributed by atoms with van der Waals surface area (Å²) in [7, 11) is 0. The molecule has 0 amide bonds. The highest BCUT2D eigenvalue weighted by Crippen LogP contribution is 2.69. The number of hydrogen-bond donors (Lipinski definition) is 1. The molecule has 0 aromatic rings. The Morgan fingerprint density at radius 3 is 2.07 bits per heavy atom. The topological polar surface area (TPSA) is 39.7 Å². The quantitative estimate of drug-likeness (QED) is 0.128. The molecule has 1 N–H and O–H groups in total. The monoisotopic (exact) mass is 632 g/mol. The van der Waals surface area contributed by atoms with Gasteiger partial charge in [0.25, 0.3) is 0 Å². The Kier molecular flexibility index (Phi) is 15.5. The summed E-state index contributed by atoms with van der Waals surface area (Å²) in [5.74, 6) is 4.37. The van der Waals surface area contributed by atoms with E-state index in [-0.39, 0.29) is 5.41 Å². The van der Waals surface area contributed by atoms with E-state index in [2.05, 4.69) is 53.8 Å². The lowest BCUT2D eigenvalue weighted by atomic mass is 9.43. The Labute approximate surface area is 280 Å². The maximum Gasteiger partial charge on any atom is 0.0637 e. The van der Waals surface area contributed by atoms with Crippen LogP contribution in [0.2, 0.25) is 0 Å². The summed E-state index contributed by atoms with van der Waals surface area (Å²) in [6.45, 7) is 22.4. The summed E-state index contributed by atoms with van der Waals surface area (Å²) in [5, 5.41) is 3.74. The molecular formula is C41H77NO3. The Hall–Kier alpha value is -0.160. The van der Waals surface area contributed by atoms with Gasteiger partial charge in [-0.15, -0.1) is 0 Å². The van der Waals surface area contributed by atoms with Crippen molar-refractivity contribution in [2.45, 2.75) is 182 Å². The number of hydrogen-bond acceptors (Lipinski definition) is 4. The van der Waals surface area contributed by atoms with Crippen LogP contribution in [0.4, 0.5) is 0 Å². The molecule has 4 aliphatic rings. The summed E-state index contributed by atoms with van der Waals surface area (Å²) in [5.41, 5.74) is 0.652. The zero-order valence-corrected chi connectivity index (χ0v) is 31.2. The number of rotatable bonds is 21. The molecule has 4 aliphatic carbocycles. The average Bonchev–Trinajstić information content (AvgIpc) is 3.39. The molecule has 0 saturated heterocycles. The fourth-order valence-electron chi connectivity index (χ4n) is 11.2. The fraction of sp³-hybridized carbons (Fsp3) is 1.00. The predicted molar refractivity (Wildman–Crippen MR) is 191 cm³/mol. The molecule has 0 spiro atoms. The van der Waals surface area contributed by atoms with E-state index in [1.807, 2.05) is 0 Å². The molecule has 0 aromatic carbocycles. The van der Waals surface area contributed by atoms with Crippen molar-refractivity contribution in [1.82, 2.24) is 5.32 Å². The van der Waals surface area contributed by atoms with Crippen LogP contribution < -0.4 is 5.32 Å². The van der Waals surface area contributed by atoms with Crippen molar-refractivity contribution >= 4 is 0 Å². The lowest BCUT2D eigenvalue weighted by molar-refractivity contribution is -0.227. The van der Waals surface area contributed by atoms with E-state index in [0.717, 1.165) is 37.6 Å². The van der Waals surface area contributed by atoms with Crippen LogP contribution in [0.1, 0.15) is 164 Å². The highest BCUT2D eigenvalue weighted by atomic mass is 16.5. The first-order chi connectivity index (χ1) is 21.8. The van der Waals surface area contributed by atoms with Crippen molar-refractivity contribution in [2.75, 3.05) is 32.9 Å². The molecule has 11 unspecified atom stereocenters. The Morgan fingerprint density at radius 2 is 1.36 bits per heavy atom. The van der Waals surface area contributed by atoms with Gasteiger partial charge in [-0.25, -0.2) is 0 Å². The van der Waals surface area contributed by atoms with Crippen LogP contribution in [0, 0.1) is 46.3 Å². The minimum Gasteiger partial charge on any atom is -0.378 e. The first-order valence-electron chi connectivity index (χ1n) is 20.4. The molecule has 0 aliphatic heterocycles. The molecule has 4 rings (SSSR count). The highest BCUT2D eigenvalue weighted by molar-refractivity contribution is 5.15. The van der Waals surface area contributed by atoms with Crippen molar-refractivity contribution < 1.29 is 14.2 Å². The number of unbranched alkanes of at least 4 members (excludes halogenated alkanes) is 5. The minimum atomic E-state index is 0.263. The zero-order valence-electron chi connectivity index (χ0n) is 31.2. The summed E-state index contributed by atoms with van der Waals surface area (Å²) in [4.78, 5) is 0. The number of nitrogens with one attached hydrogen (secondary N) is 1. The van der Waals surface area contributed by atoms with Crippen LogP contribution in [0.15, 0.2) is 0 Å². The highest BCUT2D eigenvalue weighted by Gasteiger charge is 2.66. The summed E-state index contributed by atoms with van der Waals surface area (Å²) < 4.78 is 20.6. The lowest BCUT2D eigenvalue weighted by Gasteiger charge is -2.65. The molecule has 0 aromatic heterocycles. The number of ether oxygens (including phenoxy) is 3. The van der Waals surface area contributed by atoms with Gasteiger partial charge >= 0.3 is 0 Å². The maximum absolute atomic E-state index is 7.12. The molecule has 4 nitrogen and oxygen atoms in total. The number of fused-ring (bicyclic) bond motifs is 5. The largest absolute Gasteiger partial charge is 0.378 e. The van der Waals surface area contributed by atoms with Gasteiger partial charge in [-0.2, -0.15) is 0 Å². The van der Waals surface area contributed by atoms with Crippen LogP contribution in [0.25, 0.3) is 0 Å².